The van der Waals surface area contributed by atoms with Crippen molar-refractivity contribution in [2.45, 2.75) is 44.9 Å². The number of primary amides is 1. The summed E-state index contributed by atoms with van der Waals surface area (Å²) in [7, 11) is 0. The van der Waals surface area contributed by atoms with Crippen LogP contribution < -0.4 is 21.7 Å². The summed E-state index contributed by atoms with van der Waals surface area (Å²) in [4.78, 5) is 28.7. The fraction of sp³-hybridized carbons (Fsp3) is 0.409. The summed E-state index contributed by atoms with van der Waals surface area (Å²) in [6.07, 6.45) is 0.0578. The van der Waals surface area contributed by atoms with Crippen molar-refractivity contribution >= 4 is 50.9 Å². The van der Waals surface area contributed by atoms with Gasteiger partial charge in [-0.2, -0.15) is 4.98 Å². The first-order valence-electron chi connectivity index (χ1n) is 10.8. The zero-order valence-electron chi connectivity index (χ0n) is 19.1. The van der Waals surface area contributed by atoms with Crippen molar-refractivity contribution in [1.29, 1.82) is 0 Å². The van der Waals surface area contributed by atoms with Crippen LogP contribution in [-0.2, 0) is 9.47 Å². The van der Waals surface area contributed by atoms with Gasteiger partial charge in [0.1, 0.15) is 5.60 Å². The highest BCUT2D eigenvalue weighted by molar-refractivity contribution is 7.17. The topological polar surface area (TPSA) is 153 Å². The second kappa shape index (κ2) is 9.77. The molecule has 180 valence electrons. The number of thiophene rings is 1. The van der Waals surface area contributed by atoms with Gasteiger partial charge in [-0.3, -0.25) is 4.79 Å². The number of nitrogens with two attached hydrogens (primary N) is 1. The van der Waals surface area contributed by atoms with Crippen LogP contribution in [0.2, 0.25) is 0 Å². The van der Waals surface area contributed by atoms with E-state index in [2.05, 4.69) is 31.1 Å². The lowest BCUT2D eigenvalue weighted by Gasteiger charge is -2.33. The van der Waals surface area contributed by atoms with Gasteiger partial charge in [-0.15, -0.1) is 21.5 Å². The van der Waals surface area contributed by atoms with Crippen LogP contribution in [0.4, 0.5) is 22.2 Å². The maximum atomic E-state index is 12.3. The molecule has 5 N–H and O–H groups in total. The Kier molecular flexibility index (Phi) is 6.80. The van der Waals surface area contributed by atoms with E-state index in [0.717, 1.165) is 15.8 Å². The summed E-state index contributed by atoms with van der Waals surface area (Å²) in [5.74, 6) is -0.373. The minimum atomic E-state index is -0.748. The Balaban J connectivity index is 1.55. The summed E-state index contributed by atoms with van der Waals surface area (Å²) >= 11 is 1.61. The molecule has 1 aliphatic rings. The Labute approximate surface area is 200 Å². The van der Waals surface area contributed by atoms with Crippen molar-refractivity contribution in [3.05, 3.63) is 35.3 Å². The van der Waals surface area contributed by atoms with E-state index in [4.69, 9.17) is 15.2 Å². The van der Waals surface area contributed by atoms with Gasteiger partial charge in [0.05, 0.1) is 18.7 Å². The van der Waals surface area contributed by atoms with Crippen molar-refractivity contribution in [2.24, 2.45) is 5.73 Å². The van der Waals surface area contributed by atoms with Crippen LogP contribution in [0.1, 0.15) is 37.7 Å². The highest BCUT2D eigenvalue weighted by Crippen LogP contribution is 2.30. The second-order valence-corrected chi connectivity index (χ2v) is 9.77. The van der Waals surface area contributed by atoms with E-state index >= 15 is 0 Å². The monoisotopic (exact) mass is 485 g/mol. The minimum absolute atomic E-state index is 0.0757. The van der Waals surface area contributed by atoms with Gasteiger partial charge in [-0.05, 0) is 50.8 Å². The number of aromatic nitrogens is 3. The third kappa shape index (κ3) is 5.69. The molecule has 1 fully saturated rings. The van der Waals surface area contributed by atoms with E-state index in [1.165, 1.54) is 0 Å². The molecule has 1 aromatic carbocycles. The molecule has 34 heavy (non-hydrogen) atoms. The van der Waals surface area contributed by atoms with Gasteiger partial charge < -0.3 is 31.2 Å². The number of hydrogen-bond donors (Lipinski definition) is 4. The van der Waals surface area contributed by atoms with Crippen LogP contribution in [0.25, 0.3) is 10.1 Å². The maximum absolute atomic E-state index is 12.3. The molecule has 0 saturated carbocycles. The first-order valence-corrected chi connectivity index (χ1v) is 11.7. The number of fused-ring (bicyclic) bond motifs is 1. The van der Waals surface area contributed by atoms with Crippen LogP contribution in [0.15, 0.2) is 29.6 Å². The Morgan fingerprint density at radius 3 is 2.79 bits per heavy atom. The number of rotatable bonds is 6. The molecule has 11 nitrogen and oxygen atoms in total. The molecule has 0 spiro atoms. The van der Waals surface area contributed by atoms with Crippen LogP contribution in [0.5, 0.6) is 0 Å². The Morgan fingerprint density at radius 2 is 2.03 bits per heavy atom. The number of benzene rings is 1. The Hall–Kier alpha value is -3.51. The number of ether oxygens (including phenoxy) is 2. The van der Waals surface area contributed by atoms with E-state index in [0.29, 0.717) is 19.6 Å². The van der Waals surface area contributed by atoms with E-state index in [-0.39, 0.29) is 29.5 Å². The molecular formula is C22H27N7O4S. The van der Waals surface area contributed by atoms with Gasteiger partial charge in [-0.1, -0.05) is 6.07 Å². The molecule has 4 rings (SSSR count). The maximum Gasteiger partial charge on any atom is 0.408 e. The molecule has 2 amide bonds. The molecule has 0 bridgehead atoms. The quantitative estimate of drug-likeness (QED) is 0.412. The molecule has 2 aromatic heterocycles. The number of amides is 2. The Bertz CT molecular complexity index is 1190. The molecule has 1 saturated heterocycles. The number of nitrogens with one attached hydrogen (secondary N) is 3. The molecule has 1 aliphatic heterocycles. The molecule has 2 atom stereocenters. The van der Waals surface area contributed by atoms with Gasteiger partial charge in [0, 0.05) is 22.4 Å². The molecule has 3 aromatic rings. The summed E-state index contributed by atoms with van der Waals surface area (Å²) in [6.45, 7) is 6.19. The average molecular weight is 486 g/mol. The van der Waals surface area contributed by atoms with Crippen LogP contribution >= 0.6 is 11.3 Å². The third-order valence-electron chi connectivity index (χ3n) is 5.04. The number of nitrogens with zero attached hydrogens (tertiary/aromatic N) is 3. The van der Waals surface area contributed by atoms with Gasteiger partial charge in [0.15, 0.2) is 11.5 Å². The summed E-state index contributed by atoms with van der Waals surface area (Å²) in [5.41, 5.74) is 5.58. The van der Waals surface area contributed by atoms with Crippen LogP contribution in [-0.4, -0.2) is 58.1 Å². The lowest BCUT2D eigenvalue weighted by molar-refractivity contribution is 0.0317. The van der Waals surface area contributed by atoms with E-state index in [1.807, 2.05) is 29.6 Å². The predicted molar refractivity (Wildman–Crippen MR) is 129 cm³/mol. The van der Waals surface area contributed by atoms with Gasteiger partial charge in [0.25, 0.3) is 5.91 Å². The molecule has 3 heterocycles. The van der Waals surface area contributed by atoms with Crippen molar-refractivity contribution in [2.75, 3.05) is 23.8 Å². The largest absolute Gasteiger partial charge is 0.444 e. The van der Waals surface area contributed by atoms with Gasteiger partial charge in [-0.25, -0.2) is 4.79 Å². The average Bonchev–Trinajstić information content (AvgIpc) is 3.24. The Morgan fingerprint density at radius 1 is 1.21 bits per heavy atom. The fourth-order valence-electron chi connectivity index (χ4n) is 3.55. The number of carbonyl (C=O) groups is 2. The summed E-state index contributed by atoms with van der Waals surface area (Å²) in [5, 5.41) is 20.2. The second-order valence-electron chi connectivity index (χ2n) is 8.83. The van der Waals surface area contributed by atoms with Gasteiger partial charge >= 0.3 is 6.09 Å². The highest BCUT2D eigenvalue weighted by atomic mass is 32.1. The predicted octanol–water partition coefficient (Wildman–Crippen LogP) is 3.02. The zero-order valence-corrected chi connectivity index (χ0v) is 19.9. The van der Waals surface area contributed by atoms with E-state index in [1.54, 1.807) is 32.1 Å². The van der Waals surface area contributed by atoms with E-state index in [9.17, 15) is 9.59 Å². The molecule has 0 unspecified atom stereocenters. The molecule has 0 aliphatic carbocycles. The lowest BCUT2D eigenvalue weighted by atomic mass is 10.0. The number of alkyl carbamates (subject to hydrolysis) is 1. The first kappa shape index (κ1) is 23.6. The molecule has 12 heteroatoms. The normalized spacial score (nSPS) is 18.3. The first-order chi connectivity index (χ1) is 16.2. The van der Waals surface area contributed by atoms with Crippen molar-refractivity contribution < 1.29 is 19.1 Å². The van der Waals surface area contributed by atoms with Crippen molar-refractivity contribution in [3.63, 3.8) is 0 Å². The summed E-state index contributed by atoms with van der Waals surface area (Å²) in [6, 6.07) is 7.17. The van der Waals surface area contributed by atoms with Crippen molar-refractivity contribution in [3.8, 4) is 0 Å². The molecule has 0 radical (unpaired) electrons. The summed E-state index contributed by atoms with van der Waals surface area (Å²) < 4.78 is 12.0. The van der Waals surface area contributed by atoms with Crippen LogP contribution in [0.3, 0.4) is 0 Å². The smallest absolute Gasteiger partial charge is 0.408 e. The number of hydrogen-bond acceptors (Lipinski definition) is 10. The van der Waals surface area contributed by atoms with Crippen LogP contribution in [0, 0.1) is 0 Å². The minimum Gasteiger partial charge on any atom is -0.444 e. The zero-order chi connectivity index (χ0) is 24.3. The SMILES string of the molecule is CC(C)(C)OC(=O)N[C@H]1COCC[C@H]1Nc1nnc(C(N)=O)c(Nc2cccc3sccc23)n1. The fourth-order valence-corrected chi connectivity index (χ4v) is 4.36. The molecular weight excluding hydrogens is 458 g/mol. The third-order valence-corrected chi connectivity index (χ3v) is 5.92. The van der Waals surface area contributed by atoms with Gasteiger partial charge in [0.2, 0.25) is 5.95 Å². The van der Waals surface area contributed by atoms with E-state index < -0.39 is 17.6 Å². The van der Waals surface area contributed by atoms with Crippen molar-refractivity contribution in [1.82, 2.24) is 20.5 Å². The highest BCUT2D eigenvalue weighted by Gasteiger charge is 2.30. The standard InChI is InChI=1S/C22H27N7O4S/c1-22(2,3)33-21(31)26-15-11-32-9-7-14(15)25-20-27-19(17(18(23)30)28-29-20)24-13-5-4-6-16-12(13)8-10-34-16/h4-6,8,10,14-15H,7,9,11H2,1-3H3,(H2,23,30)(H,26,31)(H2,24,25,27,29)/t14-,15+/m1/s1. The number of anilines is 3. The number of carbonyl (C=O) groups excluding carboxylic acids is 2. The lowest BCUT2D eigenvalue weighted by Crippen LogP contribution is -2.53.